The van der Waals surface area contributed by atoms with Crippen molar-refractivity contribution in [3.05, 3.63) is 34.9 Å². The molecule has 3 amide bonds. The Bertz CT molecular complexity index is 637. The summed E-state index contributed by atoms with van der Waals surface area (Å²) in [7, 11) is 1.75. The highest BCUT2D eigenvalue weighted by Crippen LogP contribution is 2.25. The Morgan fingerprint density at radius 2 is 1.83 bits per heavy atom. The summed E-state index contributed by atoms with van der Waals surface area (Å²) in [5.41, 5.74) is 1.19. The summed E-state index contributed by atoms with van der Waals surface area (Å²) in [6.07, 6.45) is 1.70. The number of hydrogen-bond acceptors (Lipinski definition) is 3. The molecule has 23 heavy (non-hydrogen) atoms. The quantitative estimate of drug-likeness (QED) is 0.758. The average Bonchev–Trinajstić information content (AvgIpc) is 2.75. The van der Waals surface area contributed by atoms with Crippen LogP contribution in [0.1, 0.15) is 64.7 Å². The van der Waals surface area contributed by atoms with Crippen LogP contribution in [0, 0.1) is 5.92 Å². The number of amides is 3. The Morgan fingerprint density at radius 3 is 2.43 bits per heavy atom. The zero-order chi connectivity index (χ0) is 17.1. The third kappa shape index (κ3) is 3.44. The second-order valence-electron chi connectivity index (χ2n) is 6.46. The van der Waals surface area contributed by atoms with Crippen molar-refractivity contribution in [1.82, 2.24) is 9.80 Å². The summed E-state index contributed by atoms with van der Waals surface area (Å²) in [6, 6.07) is 4.78. The lowest BCUT2D eigenvalue weighted by atomic mass is 10.0. The van der Waals surface area contributed by atoms with Gasteiger partial charge in [-0.1, -0.05) is 27.2 Å². The van der Waals surface area contributed by atoms with Crippen molar-refractivity contribution < 1.29 is 14.4 Å². The van der Waals surface area contributed by atoms with Gasteiger partial charge in [-0.2, -0.15) is 0 Å². The van der Waals surface area contributed by atoms with Gasteiger partial charge in [0.2, 0.25) is 0 Å². The van der Waals surface area contributed by atoms with Gasteiger partial charge in [-0.25, -0.2) is 0 Å². The number of carbonyl (C=O) groups excluding carboxylic acids is 3. The van der Waals surface area contributed by atoms with E-state index in [9.17, 15) is 14.4 Å². The van der Waals surface area contributed by atoms with Crippen molar-refractivity contribution in [2.24, 2.45) is 5.92 Å². The van der Waals surface area contributed by atoms with E-state index in [1.165, 1.54) is 4.90 Å². The topological polar surface area (TPSA) is 57.7 Å². The van der Waals surface area contributed by atoms with Crippen LogP contribution in [0.4, 0.5) is 0 Å². The van der Waals surface area contributed by atoms with E-state index in [1.54, 1.807) is 30.1 Å². The Morgan fingerprint density at radius 1 is 1.17 bits per heavy atom. The Kier molecular flexibility index (Phi) is 5.19. The first-order valence-electron chi connectivity index (χ1n) is 8.12. The number of fused-ring (bicyclic) bond motifs is 1. The molecule has 0 radical (unpaired) electrons. The van der Waals surface area contributed by atoms with Gasteiger partial charge in [-0.15, -0.1) is 0 Å². The standard InChI is InChI=1S/C18H24N2O3/c1-5-6-9-20-17(22)14-8-7-13(10-15(14)18(20)23)16(21)19(4)11-12(2)3/h7-8,10,12H,5-6,9,11H2,1-4H3. The second-order valence-corrected chi connectivity index (χ2v) is 6.46. The lowest BCUT2D eigenvalue weighted by molar-refractivity contribution is 0.0652. The summed E-state index contributed by atoms with van der Waals surface area (Å²) in [6.45, 7) is 7.17. The van der Waals surface area contributed by atoms with E-state index in [0.717, 1.165) is 12.8 Å². The van der Waals surface area contributed by atoms with E-state index in [0.29, 0.717) is 35.7 Å². The zero-order valence-electron chi connectivity index (χ0n) is 14.3. The first-order valence-corrected chi connectivity index (χ1v) is 8.12. The number of hydrogen-bond donors (Lipinski definition) is 0. The largest absolute Gasteiger partial charge is 0.341 e. The Balaban J connectivity index is 2.25. The molecule has 1 aromatic carbocycles. The first-order chi connectivity index (χ1) is 10.9. The second kappa shape index (κ2) is 6.94. The third-order valence-electron chi connectivity index (χ3n) is 3.94. The van der Waals surface area contributed by atoms with Gasteiger partial charge >= 0.3 is 0 Å². The number of imide groups is 1. The molecule has 1 aromatic rings. The molecule has 0 unspecified atom stereocenters. The highest BCUT2D eigenvalue weighted by atomic mass is 16.2. The first kappa shape index (κ1) is 17.2. The summed E-state index contributed by atoms with van der Waals surface area (Å²) in [5, 5.41) is 0. The monoisotopic (exact) mass is 316 g/mol. The van der Waals surface area contributed by atoms with Crippen LogP contribution in [-0.2, 0) is 0 Å². The van der Waals surface area contributed by atoms with Crippen molar-refractivity contribution in [3.63, 3.8) is 0 Å². The maximum atomic E-state index is 12.4. The number of unbranched alkanes of at least 4 members (excludes halogenated alkanes) is 1. The molecule has 1 heterocycles. The predicted octanol–water partition coefficient (Wildman–Crippen LogP) is 2.81. The van der Waals surface area contributed by atoms with Crippen molar-refractivity contribution in [2.45, 2.75) is 33.6 Å². The summed E-state index contributed by atoms with van der Waals surface area (Å²) in [5.74, 6) is -0.313. The van der Waals surface area contributed by atoms with Crippen LogP contribution < -0.4 is 0 Å². The van der Waals surface area contributed by atoms with Crippen LogP contribution in [0.3, 0.4) is 0 Å². The molecule has 5 heteroatoms. The summed E-state index contributed by atoms with van der Waals surface area (Å²) in [4.78, 5) is 40.1. The van der Waals surface area contributed by atoms with Crippen molar-refractivity contribution in [1.29, 1.82) is 0 Å². The minimum atomic E-state index is -0.292. The van der Waals surface area contributed by atoms with Crippen molar-refractivity contribution in [3.8, 4) is 0 Å². The van der Waals surface area contributed by atoms with Gasteiger partial charge in [0, 0.05) is 25.7 Å². The molecule has 0 fully saturated rings. The molecule has 124 valence electrons. The van der Waals surface area contributed by atoms with Gasteiger partial charge in [-0.05, 0) is 30.5 Å². The predicted molar refractivity (Wildman–Crippen MR) is 88.5 cm³/mol. The van der Waals surface area contributed by atoms with Crippen LogP contribution in [-0.4, -0.2) is 47.7 Å². The molecule has 1 aliphatic heterocycles. The van der Waals surface area contributed by atoms with Crippen LogP contribution in [0.2, 0.25) is 0 Å². The third-order valence-corrected chi connectivity index (χ3v) is 3.94. The molecular weight excluding hydrogens is 292 g/mol. The van der Waals surface area contributed by atoms with Crippen LogP contribution in [0.5, 0.6) is 0 Å². The highest BCUT2D eigenvalue weighted by molar-refractivity contribution is 6.22. The van der Waals surface area contributed by atoms with Gasteiger partial charge in [-0.3, -0.25) is 19.3 Å². The zero-order valence-corrected chi connectivity index (χ0v) is 14.3. The maximum Gasteiger partial charge on any atom is 0.261 e. The fourth-order valence-electron chi connectivity index (χ4n) is 2.79. The number of nitrogens with zero attached hydrogens (tertiary/aromatic N) is 2. The number of rotatable bonds is 6. The molecule has 5 nitrogen and oxygen atoms in total. The fraction of sp³-hybridized carbons (Fsp3) is 0.500. The molecule has 0 aromatic heterocycles. The number of benzene rings is 1. The maximum absolute atomic E-state index is 12.4. The molecule has 0 N–H and O–H groups in total. The molecule has 0 spiro atoms. The normalized spacial score (nSPS) is 13.7. The summed E-state index contributed by atoms with van der Waals surface area (Å²) < 4.78 is 0. The molecule has 0 aliphatic carbocycles. The van der Waals surface area contributed by atoms with E-state index in [-0.39, 0.29) is 17.7 Å². The molecule has 0 saturated carbocycles. The van der Waals surface area contributed by atoms with E-state index in [1.807, 2.05) is 20.8 Å². The molecule has 1 aliphatic rings. The SMILES string of the molecule is CCCCN1C(=O)c2ccc(C(=O)N(C)CC(C)C)cc2C1=O. The van der Waals surface area contributed by atoms with E-state index in [2.05, 4.69) is 0 Å². The van der Waals surface area contributed by atoms with Crippen molar-refractivity contribution in [2.75, 3.05) is 20.1 Å². The Labute approximate surface area is 137 Å². The van der Waals surface area contributed by atoms with Gasteiger partial charge in [0.25, 0.3) is 17.7 Å². The smallest absolute Gasteiger partial charge is 0.261 e. The van der Waals surface area contributed by atoms with Crippen LogP contribution in [0.15, 0.2) is 18.2 Å². The van der Waals surface area contributed by atoms with E-state index < -0.39 is 0 Å². The van der Waals surface area contributed by atoms with Gasteiger partial charge in [0.15, 0.2) is 0 Å². The molecular formula is C18H24N2O3. The van der Waals surface area contributed by atoms with Crippen LogP contribution >= 0.6 is 0 Å². The molecule has 0 saturated heterocycles. The van der Waals surface area contributed by atoms with Gasteiger partial charge in [0.05, 0.1) is 11.1 Å². The van der Waals surface area contributed by atoms with Gasteiger partial charge < -0.3 is 4.90 Å². The lowest BCUT2D eigenvalue weighted by Crippen LogP contribution is -2.31. The minimum Gasteiger partial charge on any atom is -0.341 e. The molecule has 2 rings (SSSR count). The van der Waals surface area contributed by atoms with Gasteiger partial charge in [0.1, 0.15) is 0 Å². The van der Waals surface area contributed by atoms with Crippen molar-refractivity contribution >= 4 is 17.7 Å². The fourth-order valence-corrected chi connectivity index (χ4v) is 2.79. The lowest BCUT2D eigenvalue weighted by Gasteiger charge is -2.19. The molecule has 0 atom stereocenters. The van der Waals surface area contributed by atoms with Crippen LogP contribution in [0.25, 0.3) is 0 Å². The highest BCUT2D eigenvalue weighted by Gasteiger charge is 2.35. The molecule has 0 bridgehead atoms. The summed E-state index contributed by atoms with van der Waals surface area (Å²) >= 11 is 0. The number of carbonyl (C=O) groups is 3. The Hall–Kier alpha value is -2.17. The van der Waals surface area contributed by atoms with E-state index in [4.69, 9.17) is 0 Å². The minimum absolute atomic E-state index is 0.131. The average molecular weight is 316 g/mol. The van der Waals surface area contributed by atoms with E-state index >= 15 is 0 Å².